The van der Waals surface area contributed by atoms with Crippen molar-refractivity contribution in [3.8, 4) is 5.75 Å². The molecule has 1 heterocycles. The highest BCUT2D eigenvalue weighted by Gasteiger charge is 2.18. The quantitative estimate of drug-likeness (QED) is 0.818. The van der Waals surface area contributed by atoms with Crippen molar-refractivity contribution in [1.82, 2.24) is 4.90 Å². The van der Waals surface area contributed by atoms with Gasteiger partial charge in [0, 0.05) is 17.2 Å². The molecule has 0 aliphatic carbocycles. The van der Waals surface area contributed by atoms with Gasteiger partial charge >= 0.3 is 0 Å². The molecule has 1 N–H and O–H groups in total. The number of ether oxygens (including phenoxy) is 1. The average Bonchev–Trinajstić information content (AvgIpc) is 2.48. The molecule has 4 heteroatoms. The van der Waals surface area contributed by atoms with Crippen LogP contribution >= 0.6 is 11.8 Å². The molecule has 3 nitrogen and oxygen atoms in total. The average molecular weight is 295 g/mol. The maximum Gasteiger partial charge on any atom is 0.132 e. The Labute approximate surface area is 126 Å². The number of β-amino-alcohol motifs (C(OH)–C–C–N with tert-alkyl or cyclic N) is 1. The van der Waals surface area contributed by atoms with Crippen molar-refractivity contribution in [3.05, 3.63) is 24.3 Å². The number of rotatable bonds is 6. The first-order valence-electron chi connectivity index (χ1n) is 7.35. The maximum absolute atomic E-state index is 10.2. The van der Waals surface area contributed by atoms with E-state index in [4.69, 9.17) is 4.74 Å². The van der Waals surface area contributed by atoms with Gasteiger partial charge in [0.1, 0.15) is 5.75 Å². The highest BCUT2D eigenvalue weighted by molar-refractivity contribution is 7.99. The minimum atomic E-state index is -0.279. The van der Waals surface area contributed by atoms with Crippen molar-refractivity contribution in [2.24, 2.45) is 5.92 Å². The number of likely N-dealkylation sites (tertiary alicyclic amines) is 1. The third-order valence-electron chi connectivity index (χ3n) is 3.85. The van der Waals surface area contributed by atoms with Crippen molar-refractivity contribution >= 4 is 11.8 Å². The fraction of sp³-hybridized carbons (Fsp3) is 0.625. The molecule has 0 spiro atoms. The molecule has 1 unspecified atom stereocenters. The Hall–Kier alpha value is -0.710. The number of para-hydroxylation sites is 1. The predicted octanol–water partition coefficient (Wildman–Crippen LogP) is 2.88. The van der Waals surface area contributed by atoms with E-state index >= 15 is 0 Å². The summed E-state index contributed by atoms with van der Waals surface area (Å²) in [6.07, 6.45) is 2.23. The minimum Gasteiger partial charge on any atom is -0.496 e. The number of thioether (sulfide) groups is 1. The molecule has 1 aliphatic rings. The minimum absolute atomic E-state index is 0.279. The third kappa shape index (κ3) is 4.69. The molecule has 1 aromatic rings. The van der Waals surface area contributed by atoms with E-state index in [1.807, 2.05) is 24.3 Å². The lowest BCUT2D eigenvalue weighted by molar-refractivity contribution is 0.105. The van der Waals surface area contributed by atoms with Gasteiger partial charge in [0.25, 0.3) is 0 Å². The van der Waals surface area contributed by atoms with E-state index in [-0.39, 0.29) is 6.10 Å². The van der Waals surface area contributed by atoms with Crippen LogP contribution in [0.4, 0.5) is 0 Å². The summed E-state index contributed by atoms with van der Waals surface area (Å²) in [4.78, 5) is 3.48. The smallest absolute Gasteiger partial charge is 0.132 e. The fourth-order valence-electron chi connectivity index (χ4n) is 2.52. The number of benzene rings is 1. The molecule has 1 aromatic carbocycles. The van der Waals surface area contributed by atoms with Gasteiger partial charge in [-0.15, -0.1) is 11.8 Å². The molecule has 0 aromatic heterocycles. The Kier molecular flexibility index (Phi) is 6.20. The second-order valence-corrected chi connectivity index (χ2v) is 6.66. The number of nitrogens with zero attached hydrogens (tertiary/aromatic N) is 1. The summed E-state index contributed by atoms with van der Waals surface area (Å²) in [5, 5.41) is 10.2. The summed E-state index contributed by atoms with van der Waals surface area (Å²) in [5.74, 6) is 2.44. The molecular formula is C16H25NO2S. The van der Waals surface area contributed by atoms with Gasteiger partial charge in [-0.2, -0.15) is 0 Å². The lowest BCUT2D eigenvalue weighted by Crippen LogP contribution is -2.39. The largest absolute Gasteiger partial charge is 0.496 e. The van der Waals surface area contributed by atoms with Crippen LogP contribution in [0.3, 0.4) is 0 Å². The number of aliphatic hydroxyl groups is 1. The summed E-state index contributed by atoms with van der Waals surface area (Å²) in [6, 6.07) is 7.97. The second kappa shape index (κ2) is 7.91. The van der Waals surface area contributed by atoms with Gasteiger partial charge in [0.2, 0.25) is 0 Å². The van der Waals surface area contributed by atoms with Crippen LogP contribution in [0.25, 0.3) is 0 Å². The number of methoxy groups -OCH3 is 1. The summed E-state index contributed by atoms with van der Waals surface area (Å²) >= 11 is 1.67. The van der Waals surface area contributed by atoms with Gasteiger partial charge in [0.05, 0.1) is 13.2 Å². The Morgan fingerprint density at radius 3 is 2.75 bits per heavy atom. The lowest BCUT2D eigenvalue weighted by atomic mass is 9.99. The Balaban J connectivity index is 1.76. The Morgan fingerprint density at radius 1 is 1.35 bits per heavy atom. The highest BCUT2D eigenvalue weighted by atomic mass is 32.2. The van der Waals surface area contributed by atoms with Gasteiger partial charge in [-0.25, -0.2) is 0 Å². The number of hydrogen-bond acceptors (Lipinski definition) is 4. The zero-order valence-corrected chi connectivity index (χ0v) is 13.2. The monoisotopic (exact) mass is 295 g/mol. The zero-order chi connectivity index (χ0) is 14.4. The van der Waals surface area contributed by atoms with Crippen molar-refractivity contribution in [3.63, 3.8) is 0 Å². The van der Waals surface area contributed by atoms with E-state index in [1.54, 1.807) is 18.9 Å². The molecule has 20 heavy (non-hydrogen) atoms. The molecule has 0 saturated carbocycles. The maximum atomic E-state index is 10.2. The Morgan fingerprint density at radius 2 is 2.05 bits per heavy atom. The van der Waals surface area contributed by atoms with Crippen LogP contribution in [-0.4, -0.2) is 48.6 Å². The molecule has 0 amide bonds. The van der Waals surface area contributed by atoms with Crippen LogP contribution in [0.1, 0.15) is 19.8 Å². The topological polar surface area (TPSA) is 32.7 Å². The SMILES string of the molecule is COc1ccccc1SCC(O)CN1CCC(C)CC1. The normalized spacial score (nSPS) is 18.9. The van der Waals surface area contributed by atoms with Crippen LogP contribution < -0.4 is 4.74 Å². The fourth-order valence-corrected chi connectivity index (χ4v) is 3.47. The number of aliphatic hydroxyl groups excluding tert-OH is 1. The first kappa shape index (κ1) is 15.7. The third-order valence-corrected chi connectivity index (χ3v) is 5.05. The van der Waals surface area contributed by atoms with Gasteiger partial charge in [-0.3, -0.25) is 0 Å². The molecule has 1 atom stereocenters. The second-order valence-electron chi connectivity index (χ2n) is 5.60. The predicted molar refractivity (Wildman–Crippen MR) is 84.6 cm³/mol. The lowest BCUT2D eigenvalue weighted by Gasteiger charge is -2.31. The molecule has 0 radical (unpaired) electrons. The molecule has 1 aliphatic heterocycles. The molecular weight excluding hydrogens is 270 g/mol. The number of piperidine rings is 1. The van der Waals surface area contributed by atoms with Gasteiger partial charge < -0.3 is 14.7 Å². The van der Waals surface area contributed by atoms with Crippen LogP contribution in [0.5, 0.6) is 5.75 Å². The highest BCUT2D eigenvalue weighted by Crippen LogP contribution is 2.29. The molecule has 0 bridgehead atoms. The van der Waals surface area contributed by atoms with Gasteiger partial charge in [-0.05, 0) is 44.0 Å². The van der Waals surface area contributed by atoms with E-state index in [0.29, 0.717) is 5.75 Å². The van der Waals surface area contributed by atoms with Crippen molar-refractivity contribution in [2.75, 3.05) is 32.5 Å². The summed E-state index contributed by atoms with van der Waals surface area (Å²) in [7, 11) is 1.69. The van der Waals surface area contributed by atoms with Crippen LogP contribution in [0.15, 0.2) is 29.2 Å². The van der Waals surface area contributed by atoms with Crippen LogP contribution in [-0.2, 0) is 0 Å². The van der Waals surface area contributed by atoms with Crippen LogP contribution in [0, 0.1) is 5.92 Å². The first-order valence-corrected chi connectivity index (χ1v) is 8.34. The van der Waals surface area contributed by atoms with Crippen LogP contribution in [0.2, 0.25) is 0 Å². The number of hydrogen-bond donors (Lipinski definition) is 1. The molecule has 2 rings (SSSR count). The van der Waals surface area contributed by atoms with Crippen molar-refractivity contribution in [2.45, 2.75) is 30.8 Å². The van der Waals surface area contributed by atoms with E-state index in [9.17, 15) is 5.11 Å². The van der Waals surface area contributed by atoms with Gasteiger partial charge in [0.15, 0.2) is 0 Å². The molecule has 1 saturated heterocycles. The zero-order valence-electron chi connectivity index (χ0n) is 12.4. The van der Waals surface area contributed by atoms with Crippen molar-refractivity contribution in [1.29, 1.82) is 0 Å². The van der Waals surface area contributed by atoms with E-state index in [2.05, 4.69) is 11.8 Å². The first-order chi connectivity index (χ1) is 9.69. The summed E-state index contributed by atoms with van der Waals surface area (Å²) in [6.45, 7) is 5.34. The van der Waals surface area contributed by atoms with E-state index in [0.717, 1.165) is 36.2 Å². The van der Waals surface area contributed by atoms with E-state index < -0.39 is 0 Å². The molecule has 1 fully saturated rings. The van der Waals surface area contributed by atoms with Gasteiger partial charge in [-0.1, -0.05) is 19.1 Å². The van der Waals surface area contributed by atoms with Crippen molar-refractivity contribution < 1.29 is 9.84 Å². The Bertz CT molecular complexity index is 405. The van der Waals surface area contributed by atoms with E-state index in [1.165, 1.54) is 12.8 Å². The summed E-state index contributed by atoms with van der Waals surface area (Å²) in [5.41, 5.74) is 0. The molecule has 112 valence electrons. The summed E-state index contributed by atoms with van der Waals surface area (Å²) < 4.78 is 5.33. The standard InChI is InChI=1S/C16H25NO2S/c1-13-7-9-17(10-8-13)11-14(18)12-20-16-6-4-3-5-15(16)19-2/h3-6,13-14,18H,7-12H2,1-2H3.